The first-order chi connectivity index (χ1) is 13.2. The number of nitrogens with zero attached hydrogens (tertiary/aromatic N) is 1. The molecule has 1 atom stereocenters. The molecular weight excluding hydrogens is 334 g/mol. The molecule has 0 radical (unpaired) electrons. The summed E-state index contributed by atoms with van der Waals surface area (Å²) in [6.45, 7) is 9.94. The van der Waals surface area contributed by atoms with E-state index in [4.69, 9.17) is 4.84 Å². The van der Waals surface area contributed by atoms with Crippen LogP contribution in [-0.4, -0.2) is 24.1 Å². The summed E-state index contributed by atoms with van der Waals surface area (Å²) in [4.78, 5) is 17.7. The lowest BCUT2D eigenvalue weighted by molar-refractivity contribution is -0.194. The van der Waals surface area contributed by atoms with Gasteiger partial charge in [0.1, 0.15) is 0 Å². The standard InChI is InChI=1S/C24H49NO2/c1-5-9-10-11-12-13-14-15-16-17-18-19-20-21-22-23(6-2)24(26)27-25(7-3)8-4/h23H,5-22H2,1-4H3. The molecule has 0 aromatic rings. The molecule has 0 rings (SSSR count). The molecule has 27 heavy (non-hydrogen) atoms. The van der Waals surface area contributed by atoms with Gasteiger partial charge in [-0.1, -0.05) is 104 Å². The highest BCUT2D eigenvalue weighted by molar-refractivity contribution is 5.72. The van der Waals surface area contributed by atoms with Crippen LogP contribution in [0.1, 0.15) is 130 Å². The van der Waals surface area contributed by atoms with Crippen molar-refractivity contribution in [3.8, 4) is 0 Å². The summed E-state index contributed by atoms with van der Waals surface area (Å²) >= 11 is 0. The normalized spacial score (nSPS) is 12.5. The van der Waals surface area contributed by atoms with Gasteiger partial charge in [0, 0.05) is 13.1 Å². The van der Waals surface area contributed by atoms with Crippen LogP contribution in [0.5, 0.6) is 0 Å². The number of carbonyl (C=O) groups excluding carboxylic acids is 1. The van der Waals surface area contributed by atoms with E-state index in [2.05, 4.69) is 13.8 Å². The second-order valence-electron chi connectivity index (χ2n) is 8.01. The average Bonchev–Trinajstić information content (AvgIpc) is 2.69. The maximum absolute atomic E-state index is 12.2. The van der Waals surface area contributed by atoms with Gasteiger partial charge in [-0.3, -0.25) is 4.79 Å². The monoisotopic (exact) mass is 383 g/mol. The van der Waals surface area contributed by atoms with Crippen molar-refractivity contribution >= 4 is 5.97 Å². The number of rotatable bonds is 20. The van der Waals surface area contributed by atoms with Gasteiger partial charge in [0.25, 0.3) is 0 Å². The topological polar surface area (TPSA) is 29.5 Å². The fraction of sp³-hybridized carbons (Fsp3) is 0.958. The van der Waals surface area contributed by atoms with Gasteiger partial charge >= 0.3 is 5.97 Å². The molecule has 0 fully saturated rings. The molecule has 162 valence electrons. The quantitative estimate of drug-likeness (QED) is 0.159. The highest BCUT2D eigenvalue weighted by Gasteiger charge is 2.19. The van der Waals surface area contributed by atoms with E-state index in [1.165, 1.54) is 83.5 Å². The Hall–Kier alpha value is -0.570. The Morgan fingerprint density at radius 2 is 1.07 bits per heavy atom. The summed E-state index contributed by atoms with van der Waals surface area (Å²) in [7, 11) is 0. The van der Waals surface area contributed by atoms with Crippen molar-refractivity contribution in [1.82, 2.24) is 5.06 Å². The summed E-state index contributed by atoms with van der Waals surface area (Å²) in [6.07, 6.45) is 21.1. The smallest absolute Gasteiger partial charge is 0.328 e. The number of carbonyl (C=O) groups is 1. The maximum atomic E-state index is 12.2. The van der Waals surface area contributed by atoms with E-state index in [0.29, 0.717) is 0 Å². The van der Waals surface area contributed by atoms with Gasteiger partial charge in [0.2, 0.25) is 0 Å². The van der Waals surface area contributed by atoms with Gasteiger partial charge in [-0.15, -0.1) is 5.06 Å². The molecule has 0 bridgehead atoms. The lowest BCUT2D eigenvalue weighted by Gasteiger charge is -2.21. The van der Waals surface area contributed by atoms with Crippen LogP contribution in [0, 0.1) is 5.92 Å². The lowest BCUT2D eigenvalue weighted by atomic mass is 9.98. The zero-order valence-corrected chi connectivity index (χ0v) is 19.1. The Labute approximate surface area is 170 Å². The molecule has 0 amide bonds. The highest BCUT2D eigenvalue weighted by atomic mass is 16.7. The predicted octanol–water partition coefficient (Wildman–Crippen LogP) is 7.68. The summed E-state index contributed by atoms with van der Waals surface area (Å²) in [5.74, 6) is 0.0406. The Kier molecular flexibility index (Phi) is 19.7. The van der Waals surface area contributed by atoms with Crippen molar-refractivity contribution in [1.29, 1.82) is 0 Å². The van der Waals surface area contributed by atoms with Crippen LogP contribution in [-0.2, 0) is 9.63 Å². The molecule has 1 unspecified atom stereocenters. The van der Waals surface area contributed by atoms with Gasteiger partial charge in [-0.05, 0) is 26.7 Å². The molecule has 0 N–H and O–H groups in total. The van der Waals surface area contributed by atoms with Crippen LogP contribution < -0.4 is 0 Å². The maximum Gasteiger partial charge on any atom is 0.328 e. The van der Waals surface area contributed by atoms with Crippen LogP contribution in [0.2, 0.25) is 0 Å². The molecule has 0 aliphatic carbocycles. The van der Waals surface area contributed by atoms with E-state index in [-0.39, 0.29) is 11.9 Å². The number of hydrogen-bond donors (Lipinski definition) is 0. The lowest BCUT2D eigenvalue weighted by Crippen LogP contribution is -2.30. The second-order valence-corrected chi connectivity index (χ2v) is 8.01. The highest BCUT2D eigenvalue weighted by Crippen LogP contribution is 2.18. The molecule has 3 nitrogen and oxygen atoms in total. The van der Waals surface area contributed by atoms with Crippen LogP contribution in [0.3, 0.4) is 0 Å². The SMILES string of the molecule is CCCCCCCCCCCCCCCCC(CC)C(=O)ON(CC)CC. The van der Waals surface area contributed by atoms with Gasteiger partial charge in [-0.2, -0.15) is 0 Å². The molecule has 0 spiro atoms. The van der Waals surface area contributed by atoms with Crippen molar-refractivity contribution in [2.75, 3.05) is 13.1 Å². The third kappa shape index (κ3) is 16.1. The minimum Gasteiger partial charge on any atom is -0.368 e. The first kappa shape index (κ1) is 26.4. The van der Waals surface area contributed by atoms with Gasteiger partial charge < -0.3 is 4.84 Å². The van der Waals surface area contributed by atoms with Crippen LogP contribution in [0.25, 0.3) is 0 Å². The summed E-state index contributed by atoms with van der Waals surface area (Å²) in [5.41, 5.74) is 0. The van der Waals surface area contributed by atoms with E-state index < -0.39 is 0 Å². The summed E-state index contributed by atoms with van der Waals surface area (Å²) < 4.78 is 0. The van der Waals surface area contributed by atoms with E-state index in [1.807, 2.05) is 13.8 Å². The largest absolute Gasteiger partial charge is 0.368 e. The fourth-order valence-electron chi connectivity index (χ4n) is 3.63. The average molecular weight is 384 g/mol. The Bertz CT molecular complexity index is 316. The van der Waals surface area contributed by atoms with Crippen LogP contribution >= 0.6 is 0 Å². The van der Waals surface area contributed by atoms with Gasteiger partial charge in [0.05, 0.1) is 5.92 Å². The number of hydroxylamine groups is 2. The third-order valence-electron chi connectivity index (χ3n) is 5.66. The minimum absolute atomic E-state index is 0.0316. The van der Waals surface area contributed by atoms with Crippen LogP contribution in [0.15, 0.2) is 0 Å². The van der Waals surface area contributed by atoms with Crippen molar-refractivity contribution in [2.45, 2.75) is 130 Å². The summed E-state index contributed by atoms with van der Waals surface area (Å²) in [5, 5.41) is 1.75. The van der Waals surface area contributed by atoms with E-state index in [0.717, 1.165) is 32.4 Å². The van der Waals surface area contributed by atoms with Crippen LogP contribution in [0.4, 0.5) is 0 Å². The molecular formula is C24H49NO2. The molecule has 0 aromatic carbocycles. The van der Waals surface area contributed by atoms with E-state index in [9.17, 15) is 4.79 Å². The molecule has 0 aliphatic heterocycles. The molecule has 0 heterocycles. The minimum atomic E-state index is -0.0316. The molecule has 0 aromatic heterocycles. The number of unbranched alkanes of at least 4 members (excludes halogenated alkanes) is 13. The molecule has 0 saturated heterocycles. The van der Waals surface area contributed by atoms with E-state index >= 15 is 0 Å². The van der Waals surface area contributed by atoms with Crippen molar-refractivity contribution < 1.29 is 9.63 Å². The molecule has 0 aliphatic rings. The predicted molar refractivity (Wildman–Crippen MR) is 118 cm³/mol. The third-order valence-corrected chi connectivity index (χ3v) is 5.66. The van der Waals surface area contributed by atoms with Crippen molar-refractivity contribution in [3.05, 3.63) is 0 Å². The van der Waals surface area contributed by atoms with Crippen molar-refractivity contribution in [3.63, 3.8) is 0 Å². The molecule has 0 saturated carbocycles. The van der Waals surface area contributed by atoms with Gasteiger partial charge in [-0.25, -0.2) is 0 Å². The Balaban J connectivity index is 3.47. The first-order valence-corrected chi connectivity index (χ1v) is 12.2. The Morgan fingerprint density at radius 3 is 1.44 bits per heavy atom. The number of hydrogen-bond acceptors (Lipinski definition) is 3. The first-order valence-electron chi connectivity index (χ1n) is 12.2. The zero-order chi connectivity index (χ0) is 20.2. The Morgan fingerprint density at radius 1 is 0.667 bits per heavy atom. The van der Waals surface area contributed by atoms with Gasteiger partial charge in [0.15, 0.2) is 0 Å². The second kappa shape index (κ2) is 20.2. The summed E-state index contributed by atoms with van der Waals surface area (Å²) in [6, 6.07) is 0. The fourth-order valence-corrected chi connectivity index (χ4v) is 3.63. The zero-order valence-electron chi connectivity index (χ0n) is 19.1. The van der Waals surface area contributed by atoms with E-state index in [1.54, 1.807) is 5.06 Å². The molecule has 3 heteroatoms. The van der Waals surface area contributed by atoms with Crippen molar-refractivity contribution in [2.24, 2.45) is 5.92 Å².